The lowest BCUT2D eigenvalue weighted by Gasteiger charge is -2.06. The second-order valence-electron chi connectivity index (χ2n) is 5.94. The van der Waals surface area contributed by atoms with Crippen LogP contribution >= 0.6 is 23.4 Å². The topological polar surface area (TPSA) is 72.2 Å². The molecule has 3 aromatic rings. The Hall–Kier alpha value is -2.90. The predicted molar refractivity (Wildman–Crippen MR) is 119 cm³/mol. The van der Waals surface area contributed by atoms with E-state index in [1.807, 2.05) is 72.2 Å². The van der Waals surface area contributed by atoms with E-state index in [2.05, 4.69) is 20.7 Å². The molecule has 0 spiro atoms. The smallest absolute Gasteiger partial charge is 0.250 e. The first-order valence-corrected chi connectivity index (χ1v) is 10.4. The number of aromatic nitrogens is 3. The van der Waals surface area contributed by atoms with Crippen LogP contribution in [-0.2, 0) is 11.3 Å². The van der Waals surface area contributed by atoms with Crippen molar-refractivity contribution in [1.29, 1.82) is 0 Å². The number of thioether (sulfide) groups is 1. The van der Waals surface area contributed by atoms with Gasteiger partial charge in [0, 0.05) is 12.1 Å². The van der Waals surface area contributed by atoms with Crippen LogP contribution in [-0.4, -0.2) is 32.6 Å². The molecule has 3 rings (SSSR count). The molecule has 29 heavy (non-hydrogen) atoms. The largest absolute Gasteiger partial charge is 0.302 e. The summed E-state index contributed by atoms with van der Waals surface area (Å²) in [5, 5.41) is 13.5. The molecule has 0 aliphatic carbocycles. The van der Waals surface area contributed by atoms with Crippen molar-refractivity contribution in [2.24, 2.45) is 5.10 Å². The standard InChI is InChI=1S/C21H20ClN5OS/c1-2-27-20(17-11-7-4-8-12-17)25-26-21(27)29-15-19(28)24-23-14-18(22)13-16-9-5-3-6-10-16/h3-14H,2,15H2,1H3,(H,24,28)/b18-13-,23-14-. The molecule has 0 radical (unpaired) electrons. The Labute approximate surface area is 178 Å². The van der Waals surface area contributed by atoms with Crippen molar-refractivity contribution in [1.82, 2.24) is 20.2 Å². The molecule has 0 saturated carbocycles. The second kappa shape index (κ2) is 10.6. The molecule has 0 aliphatic heterocycles. The number of benzene rings is 2. The molecule has 0 atom stereocenters. The summed E-state index contributed by atoms with van der Waals surface area (Å²) in [6.45, 7) is 2.73. The lowest BCUT2D eigenvalue weighted by Crippen LogP contribution is -2.19. The highest BCUT2D eigenvalue weighted by molar-refractivity contribution is 7.99. The van der Waals surface area contributed by atoms with Gasteiger partial charge in [0.25, 0.3) is 5.91 Å². The number of hydrazone groups is 1. The van der Waals surface area contributed by atoms with Crippen LogP contribution in [0, 0.1) is 0 Å². The number of nitrogens with one attached hydrogen (secondary N) is 1. The molecule has 148 valence electrons. The fourth-order valence-corrected chi connectivity index (χ4v) is 3.52. The highest BCUT2D eigenvalue weighted by atomic mass is 35.5. The van der Waals surface area contributed by atoms with Crippen molar-refractivity contribution < 1.29 is 4.79 Å². The Morgan fingerprint density at radius 3 is 2.52 bits per heavy atom. The third-order valence-electron chi connectivity index (χ3n) is 3.88. The van der Waals surface area contributed by atoms with E-state index in [9.17, 15) is 4.79 Å². The number of carbonyl (C=O) groups excluding carboxylic acids is 1. The van der Waals surface area contributed by atoms with E-state index in [0.29, 0.717) is 16.7 Å². The number of amides is 1. The summed E-state index contributed by atoms with van der Waals surface area (Å²) < 4.78 is 1.98. The Morgan fingerprint density at radius 1 is 1.14 bits per heavy atom. The molecule has 8 heteroatoms. The van der Waals surface area contributed by atoms with E-state index in [-0.39, 0.29) is 11.7 Å². The van der Waals surface area contributed by atoms with Crippen molar-refractivity contribution in [2.45, 2.75) is 18.6 Å². The number of nitrogens with zero attached hydrogens (tertiary/aromatic N) is 4. The number of allylic oxidation sites excluding steroid dienone is 1. The first-order valence-electron chi connectivity index (χ1n) is 9.03. The van der Waals surface area contributed by atoms with E-state index in [4.69, 9.17) is 11.6 Å². The van der Waals surface area contributed by atoms with Gasteiger partial charge in [-0.1, -0.05) is 84.0 Å². The van der Waals surface area contributed by atoms with Gasteiger partial charge in [-0.3, -0.25) is 4.79 Å². The van der Waals surface area contributed by atoms with Crippen LogP contribution in [0.1, 0.15) is 12.5 Å². The van der Waals surface area contributed by atoms with Crippen LogP contribution in [0.25, 0.3) is 17.5 Å². The Morgan fingerprint density at radius 2 is 1.83 bits per heavy atom. The average Bonchev–Trinajstić information content (AvgIpc) is 3.16. The summed E-state index contributed by atoms with van der Waals surface area (Å²) in [5.74, 6) is 0.707. The minimum atomic E-state index is -0.248. The van der Waals surface area contributed by atoms with Gasteiger partial charge in [0.15, 0.2) is 11.0 Å². The van der Waals surface area contributed by atoms with Crippen LogP contribution < -0.4 is 5.43 Å². The molecule has 0 bridgehead atoms. The molecule has 0 aliphatic rings. The zero-order chi connectivity index (χ0) is 20.5. The summed E-state index contributed by atoms with van der Waals surface area (Å²) in [6.07, 6.45) is 3.17. The van der Waals surface area contributed by atoms with Crippen molar-refractivity contribution in [2.75, 3.05) is 5.75 Å². The minimum absolute atomic E-state index is 0.171. The lowest BCUT2D eigenvalue weighted by atomic mass is 10.2. The van der Waals surface area contributed by atoms with Crippen molar-refractivity contribution in [3.8, 4) is 11.4 Å². The zero-order valence-electron chi connectivity index (χ0n) is 15.8. The maximum Gasteiger partial charge on any atom is 0.250 e. The van der Waals surface area contributed by atoms with Crippen molar-refractivity contribution >= 4 is 41.6 Å². The van der Waals surface area contributed by atoms with Gasteiger partial charge in [0.05, 0.1) is 17.0 Å². The summed E-state index contributed by atoms with van der Waals surface area (Å²) in [7, 11) is 0. The third kappa shape index (κ3) is 6.04. The summed E-state index contributed by atoms with van der Waals surface area (Å²) in [5.41, 5.74) is 4.42. The lowest BCUT2D eigenvalue weighted by molar-refractivity contribution is -0.118. The fraction of sp³-hybridized carbons (Fsp3) is 0.143. The molecule has 1 aromatic heterocycles. The SMILES string of the molecule is CCn1c(SCC(=O)N/N=C\C(Cl)=C\c2ccccc2)nnc1-c1ccccc1. The summed E-state index contributed by atoms with van der Waals surface area (Å²) >= 11 is 7.42. The molecular weight excluding hydrogens is 406 g/mol. The van der Waals surface area contributed by atoms with Gasteiger partial charge in [-0.15, -0.1) is 10.2 Å². The Balaban J connectivity index is 1.54. The quantitative estimate of drug-likeness (QED) is 0.329. The van der Waals surface area contributed by atoms with Crippen LogP contribution in [0.4, 0.5) is 0 Å². The molecule has 1 amide bonds. The summed E-state index contributed by atoms with van der Waals surface area (Å²) in [6, 6.07) is 19.5. The van der Waals surface area contributed by atoms with E-state index >= 15 is 0 Å². The van der Waals surface area contributed by atoms with Crippen LogP contribution in [0.5, 0.6) is 0 Å². The highest BCUT2D eigenvalue weighted by Crippen LogP contribution is 2.23. The number of hydrogen-bond donors (Lipinski definition) is 1. The van der Waals surface area contributed by atoms with Gasteiger partial charge >= 0.3 is 0 Å². The van der Waals surface area contributed by atoms with Gasteiger partial charge < -0.3 is 4.57 Å². The van der Waals surface area contributed by atoms with Gasteiger partial charge in [-0.25, -0.2) is 5.43 Å². The van der Waals surface area contributed by atoms with Crippen molar-refractivity contribution in [3.05, 3.63) is 71.3 Å². The molecule has 6 nitrogen and oxygen atoms in total. The molecule has 0 fully saturated rings. The van der Waals surface area contributed by atoms with Crippen LogP contribution in [0.2, 0.25) is 0 Å². The van der Waals surface area contributed by atoms with Gasteiger partial charge in [0.2, 0.25) is 0 Å². The maximum absolute atomic E-state index is 12.1. The van der Waals surface area contributed by atoms with Gasteiger partial charge in [0.1, 0.15) is 0 Å². The van der Waals surface area contributed by atoms with Crippen molar-refractivity contribution in [3.63, 3.8) is 0 Å². The van der Waals surface area contributed by atoms with Crippen LogP contribution in [0.3, 0.4) is 0 Å². The van der Waals surface area contributed by atoms with E-state index in [1.54, 1.807) is 6.08 Å². The molecule has 1 heterocycles. The minimum Gasteiger partial charge on any atom is -0.302 e. The zero-order valence-corrected chi connectivity index (χ0v) is 17.4. The average molecular weight is 426 g/mol. The normalized spacial score (nSPS) is 11.7. The number of hydrogen-bond acceptors (Lipinski definition) is 5. The van der Waals surface area contributed by atoms with Gasteiger partial charge in [-0.05, 0) is 18.6 Å². The first-order chi connectivity index (χ1) is 14.2. The molecule has 0 saturated heterocycles. The molecular formula is C21H20ClN5OS. The number of halogens is 1. The third-order valence-corrected chi connectivity index (χ3v) is 5.05. The summed E-state index contributed by atoms with van der Waals surface area (Å²) in [4.78, 5) is 12.1. The molecule has 0 unspecified atom stereocenters. The highest BCUT2D eigenvalue weighted by Gasteiger charge is 2.14. The fourth-order valence-electron chi connectivity index (χ4n) is 2.56. The van der Waals surface area contributed by atoms with E-state index in [1.165, 1.54) is 18.0 Å². The number of rotatable bonds is 8. The van der Waals surface area contributed by atoms with Crippen LogP contribution in [0.15, 0.2) is 76.0 Å². The monoisotopic (exact) mass is 425 g/mol. The first kappa shape index (κ1) is 20.8. The second-order valence-corrected chi connectivity index (χ2v) is 7.32. The molecule has 1 N–H and O–H groups in total. The Kier molecular flexibility index (Phi) is 7.61. The van der Waals surface area contributed by atoms with E-state index in [0.717, 1.165) is 17.0 Å². The Bertz CT molecular complexity index is 1000. The predicted octanol–water partition coefficient (Wildman–Crippen LogP) is 4.44. The van der Waals surface area contributed by atoms with Gasteiger partial charge in [-0.2, -0.15) is 5.10 Å². The maximum atomic E-state index is 12.1. The number of carbonyl (C=O) groups is 1. The van der Waals surface area contributed by atoms with E-state index < -0.39 is 0 Å². The molecule has 2 aromatic carbocycles.